The Labute approximate surface area is 187 Å². The van der Waals surface area contributed by atoms with E-state index in [0.717, 1.165) is 68.2 Å². The number of fused-ring (bicyclic) bond motifs is 1. The molecule has 2 aliphatic rings. The summed E-state index contributed by atoms with van der Waals surface area (Å²) in [5.41, 5.74) is 4.12. The summed E-state index contributed by atoms with van der Waals surface area (Å²) in [5.74, 6) is 0.757. The van der Waals surface area contributed by atoms with Gasteiger partial charge in [0, 0.05) is 49.7 Å². The van der Waals surface area contributed by atoms with Crippen LogP contribution in [0.1, 0.15) is 25.3 Å². The van der Waals surface area contributed by atoms with Gasteiger partial charge in [-0.2, -0.15) is 5.10 Å². The fourth-order valence-corrected chi connectivity index (χ4v) is 4.73. The first-order valence-electron chi connectivity index (χ1n) is 11.5. The van der Waals surface area contributed by atoms with Crippen LogP contribution in [0.25, 0.3) is 11.3 Å². The molecule has 0 amide bonds. The van der Waals surface area contributed by atoms with Crippen LogP contribution in [-0.2, 0) is 17.7 Å². The van der Waals surface area contributed by atoms with Crippen molar-refractivity contribution in [1.82, 2.24) is 20.0 Å². The Balaban J connectivity index is 1.19. The van der Waals surface area contributed by atoms with Gasteiger partial charge in [0.2, 0.25) is 0 Å². The third-order valence-electron chi connectivity index (χ3n) is 6.46. The van der Waals surface area contributed by atoms with Gasteiger partial charge in [0.15, 0.2) is 5.82 Å². The zero-order valence-electron chi connectivity index (χ0n) is 18.5. The topological polar surface area (TPSA) is 59.3 Å². The molecule has 0 radical (unpaired) electrons. The van der Waals surface area contributed by atoms with Crippen molar-refractivity contribution < 1.29 is 9.13 Å². The Morgan fingerprint density at radius 1 is 1.09 bits per heavy atom. The zero-order valence-corrected chi connectivity index (χ0v) is 18.5. The molecule has 32 heavy (non-hydrogen) atoms. The molecule has 5 rings (SSSR count). The van der Waals surface area contributed by atoms with Gasteiger partial charge < -0.3 is 14.5 Å². The van der Waals surface area contributed by atoms with Crippen molar-refractivity contribution in [3.63, 3.8) is 0 Å². The number of aromatic nitrogens is 4. The fourth-order valence-electron chi connectivity index (χ4n) is 4.73. The molecule has 0 spiro atoms. The molecule has 4 heterocycles. The summed E-state index contributed by atoms with van der Waals surface area (Å²) < 4.78 is 21.0. The summed E-state index contributed by atoms with van der Waals surface area (Å²) in [4.78, 5) is 4.69. The van der Waals surface area contributed by atoms with Gasteiger partial charge in [0.25, 0.3) is 0 Å². The predicted molar refractivity (Wildman–Crippen MR) is 122 cm³/mol. The molecular formula is C24H29FN6O. The molecular weight excluding hydrogens is 407 g/mol. The minimum Gasteiger partial charge on any atom is -0.380 e. The maximum atomic E-state index is 13.8. The quantitative estimate of drug-likeness (QED) is 0.528. The lowest BCUT2D eigenvalue weighted by molar-refractivity contribution is 0.136. The van der Waals surface area contributed by atoms with Gasteiger partial charge in [0.05, 0.1) is 25.0 Å². The van der Waals surface area contributed by atoms with E-state index in [2.05, 4.69) is 25.1 Å². The highest BCUT2D eigenvalue weighted by atomic mass is 19.1. The molecule has 0 atom stereocenters. The lowest BCUT2D eigenvalue weighted by atomic mass is 10.0. The van der Waals surface area contributed by atoms with Crippen LogP contribution >= 0.6 is 0 Å². The standard InChI is InChI=1S/C24H29FN6O/c1-2-32-14-13-30-17-19(16-26-30)22-5-6-24(28-27-22)29-10-8-21(9-11-29)31-12-7-18-3-4-20(25)15-23(18)31/h3-6,15-17,21H,2,7-14H2,1H3. The summed E-state index contributed by atoms with van der Waals surface area (Å²) >= 11 is 0. The minimum atomic E-state index is -0.150. The number of ether oxygens (including phenoxy) is 1. The van der Waals surface area contributed by atoms with Crippen molar-refractivity contribution in [3.05, 3.63) is 54.1 Å². The monoisotopic (exact) mass is 436 g/mol. The van der Waals surface area contributed by atoms with Crippen LogP contribution in [0.15, 0.2) is 42.7 Å². The summed E-state index contributed by atoms with van der Waals surface area (Å²) in [6.45, 7) is 6.90. The van der Waals surface area contributed by atoms with Crippen molar-refractivity contribution in [2.75, 3.05) is 42.6 Å². The van der Waals surface area contributed by atoms with Gasteiger partial charge in [-0.1, -0.05) is 6.07 Å². The first-order valence-corrected chi connectivity index (χ1v) is 11.5. The maximum absolute atomic E-state index is 13.8. The van der Waals surface area contributed by atoms with E-state index in [1.54, 1.807) is 12.1 Å². The Hall–Kier alpha value is -3.00. The van der Waals surface area contributed by atoms with Crippen LogP contribution < -0.4 is 9.80 Å². The molecule has 1 aromatic carbocycles. The highest BCUT2D eigenvalue weighted by molar-refractivity contribution is 5.60. The first kappa shape index (κ1) is 20.9. The van der Waals surface area contributed by atoms with E-state index in [1.807, 2.05) is 42.2 Å². The molecule has 0 bridgehead atoms. The molecule has 2 aliphatic heterocycles. The minimum absolute atomic E-state index is 0.150. The Morgan fingerprint density at radius 2 is 1.97 bits per heavy atom. The molecule has 0 N–H and O–H groups in total. The fraction of sp³-hybridized carbons (Fsp3) is 0.458. The summed E-state index contributed by atoms with van der Waals surface area (Å²) in [5, 5.41) is 13.3. The molecule has 0 saturated carbocycles. The third-order valence-corrected chi connectivity index (χ3v) is 6.46. The Bertz CT molecular complexity index is 1040. The number of hydrogen-bond donors (Lipinski definition) is 0. The van der Waals surface area contributed by atoms with Gasteiger partial charge in [0.1, 0.15) is 5.82 Å². The van der Waals surface area contributed by atoms with Crippen molar-refractivity contribution >= 4 is 11.5 Å². The second kappa shape index (κ2) is 9.24. The van der Waals surface area contributed by atoms with Crippen LogP contribution in [0, 0.1) is 5.82 Å². The molecule has 3 aromatic rings. The number of halogens is 1. The third kappa shape index (κ3) is 4.32. The number of piperidine rings is 1. The van der Waals surface area contributed by atoms with Crippen molar-refractivity contribution in [1.29, 1.82) is 0 Å². The highest BCUT2D eigenvalue weighted by Gasteiger charge is 2.30. The number of hydrogen-bond acceptors (Lipinski definition) is 6. The average Bonchev–Trinajstić information content (AvgIpc) is 3.47. The SMILES string of the molecule is CCOCCn1cc(-c2ccc(N3CCC(N4CCc5ccc(F)cc54)CC3)nn2)cn1. The lowest BCUT2D eigenvalue weighted by Gasteiger charge is -2.38. The van der Waals surface area contributed by atoms with E-state index in [0.29, 0.717) is 19.3 Å². The summed E-state index contributed by atoms with van der Waals surface area (Å²) in [7, 11) is 0. The largest absolute Gasteiger partial charge is 0.380 e. The Morgan fingerprint density at radius 3 is 2.75 bits per heavy atom. The molecule has 1 fully saturated rings. The van der Waals surface area contributed by atoms with E-state index in [-0.39, 0.29) is 5.82 Å². The molecule has 0 unspecified atom stereocenters. The second-order valence-electron chi connectivity index (χ2n) is 8.40. The number of benzene rings is 1. The number of nitrogens with zero attached hydrogens (tertiary/aromatic N) is 6. The van der Waals surface area contributed by atoms with E-state index in [1.165, 1.54) is 5.56 Å². The van der Waals surface area contributed by atoms with Gasteiger partial charge in [-0.15, -0.1) is 10.2 Å². The zero-order chi connectivity index (χ0) is 21.9. The van der Waals surface area contributed by atoms with Gasteiger partial charge in [-0.05, 0) is 56.0 Å². The van der Waals surface area contributed by atoms with E-state index >= 15 is 0 Å². The molecule has 0 aliphatic carbocycles. The number of rotatable bonds is 7. The second-order valence-corrected chi connectivity index (χ2v) is 8.40. The van der Waals surface area contributed by atoms with Crippen molar-refractivity contribution in [2.24, 2.45) is 0 Å². The maximum Gasteiger partial charge on any atom is 0.151 e. The van der Waals surface area contributed by atoms with Crippen LogP contribution in [0.3, 0.4) is 0 Å². The van der Waals surface area contributed by atoms with Gasteiger partial charge >= 0.3 is 0 Å². The van der Waals surface area contributed by atoms with Crippen LogP contribution in [0.4, 0.5) is 15.9 Å². The Kier molecular flexibility index (Phi) is 6.03. The van der Waals surface area contributed by atoms with Crippen molar-refractivity contribution in [3.8, 4) is 11.3 Å². The molecule has 2 aromatic heterocycles. The molecule has 7 nitrogen and oxygen atoms in total. The highest BCUT2D eigenvalue weighted by Crippen LogP contribution is 2.33. The predicted octanol–water partition coefficient (Wildman–Crippen LogP) is 3.55. The molecule has 1 saturated heterocycles. The average molecular weight is 437 g/mol. The molecule has 168 valence electrons. The van der Waals surface area contributed by atoms with Crippen LogP contribution in [0.2, 0.25) is 0 Å². The number of anilines is 2. The smallest absolute Gasteiger partial charge is 0.151 e. The van der Waals surface area contributed by atoms with Gasteiger partial charge in [-0.3, -0.25) is 4.68 Å². The normalized spacial score (nSPS) is 16.6. The van der Waals surface area contributed by atoms with E-state index < -0.39 is 0 Å². The van der Waals surface area contributed by atoms with E-state index in [9.17, 15) is 4.39 Å². The lowest BCUT2D eigenvalue weighted by Crippen LogP contribution is -2.44. The van der Waals surface area contributed by atoms with Crippen LogP contribution in [0.5, 0.6) is 0 Å². The summed E-state index contributed by atoms with van der Waals surface area (Å²) in [6.07, 6.45) is 6.87. The van der Waals surface area contributed by atoms with Gasteiger partial charge in [-0.25, -0.2) is 4.39 Å². The first-order chi connectivity index (χ1) is 15.7. The van der Waals surface area contributed by atoms with Crippen LogP contribution in [-0.4, -0.2) is 58.9 Å². The van der Waals surface area contributed by atoms with Crippen molar-refractivity contribution in [2.45, 2.75) is 38.8 Å². The molecule has 8 heteroatoms. The van der Waals surface area contributed by atoms with E-state index in [4.69, 9.17) is 4.74 Å². The summed E-state index contributed by atoms with van der Waals surface area (Å²) in [6, 6.07) is 9.69.